The highest BCUT2D eigenvalue weighted by atomic mass is 79.9. The lowest BCUT2D eigenvalue weighted by molar-refractivity contribution is -0.140. The van der Waals surface area contributed by atoms with Crippen LogP contribution in [-0.4, -0.2) is 60.0 Å². The molecule has 0 bridgehead atoms. The van der Waals surface area contributed by atoms with Gasteiger partial charge >= 0.3 is 0 Å². The molecule has 0 radical (unpaired) electrons. The van der Waals surface area contributed by atoms with Crippen molar-refractivity contribution >= 4 is 43.7 Å². The summed E-state index contributed by atoms with van der Waals surface area (Å²) in [6.07, 6.45) is -0.508. The fourth-order valence-corrected chi connectivity index (χ4v) is 5.87. The van der Waals surface area contributed by atoms with Gasteiger partial charge in [-0.1, -0.05) is 31.9 Å². The van der Waals surface area contributed by atoms with Crippen molar-refractivity contribution in [2.24, 2.45) is 0 Å². The second kappa shape index (κ2) is 11.8. The number of amides is 2. The van der Waals surface area contributed by atoms with E-state index >= 15 is 0 Å². The van der Waals surface area contributed by atoms with Crippen LogP contribution in [0.5, 0.6) is 11.5 Å². The van der Waals surface area contributed by atoms with E-state index in [0.717, 1.165) is 42.7 Å². The number of aryl methyl sites for hydroxylation is 4. The van der Waals surface area contributed by atoms with Crippen molar-refractivity contribution in [2.75, 3.05) is 26.2 Å². The molecule has 2 amide bonds. The summed E-state index contributed by atoms with van der Waals surface area (Å²) >= 11 is 6.99. The van der Waals surface area contributed by atoms with Gasteiger partial charge in [0.15, 0.2) is 12.2 Å². The molecule has 1 aliphatic heterocycles. The highest BCUT2D eigenvalue weighted by Gasteiger charge is 2.29. The molecule has 190 valence electrons. The molecule has 0 saturated carbocycles. The Kier molecular flexibility index (Phi) is 9.27. The number of halogens is 2. The SMILES string of the molecule is Cc1cc(Br)cc(C)c1OC(C)C(=O)N1CCCN(C(=O)C(C)Oc2c(C)cc(Br)cc2C)CC1. The molecule has 1 aliphatic rings. The molecule has 6 nitrogen and oxygen atoms in total. The zero-order valence-corrected chi connectivity index (χ0v) is 24.5. The second-order valence-electron chi connectivity index (χ2n) is 9.26. The zero-order valence-electron chi connectivity index (χ0n) is 21.3. The van der Waals surface area contributed by atoms with Crippen LogP contribution in [0.2, 0.25) is 0 Å². The normalized spacial score (nSPS) is 15.9. The molecule has 2 unspecified atom stereocenters. The minimum atomic E-state index is -0.610. The first-order chi connectivity index (χ1) is 16.5. The average molecular weight is 610 g/mol. The Hall–Kier alpha value is -2.06. The number of nitrogens with zero attached hydrogens (tertiary/aromatic N) is 2. The predicted molar refractivity (Wildman–Crippen MR) is 145 cm³/mol. The number of carbonyl (C=O) groups is 2. The Bertz CT molecular complexity index is 973. The van der Waals surface area contributed by atoms with Crippen molar-refractivity contribution in [1.29, 1.82) is 0 Å². The zero-order chi connectivity index (χ0) is 25.9. The van der Waals surface area contributed by atoms with E-state index in [-0.39, 0.29) is 11.8 Å². The van der Waals surface area contributed by atoms with E-state index in [9.17, 15) is 9.59 Å². The monoisotopic (exact) mass is 608 g/mol. The van der Waals surface area contributed by atoms with Crippen LogP contribution < -0.4 is 9.47 Å². The number of carbonyl (C=O) groups excluding carboxylic acids is 2. The van der Waals surface area contributed by atoms with Crippen LogP contribution in [0.15, 0.2) is 33.2 Å². The molecule has 1 fully saturated rings. The van der Waals surface area contributed by atoms with Crippen molar-refractivity contribution < 1.29 is 19.1 Å². The maximum atomic E-state index is 13.2. The van der Waals surface area contributed by atoms with Crippen molar-refractivity contribution in [1.82, 2.24) is 9.80 Å². The van der Waals surface area contributed by atoms with Crippen LogP contribution in [0.3, 0.4) is 0 Å². The van der Waals surface area contributed by atoms with E-state index in [2.05, 4.69) is 31.9 Å². The number of ether oxygens (including phenoxy) is 2. The quantitative estimate of drug-likeness (QED) is 0.419. The third kappa shape index (κ3) is 6.79. The standard InChI is InChI=1S/C27H34Br2N2O4/c1-16-12-22(28)13-17(2)24(16)34-20(5)26(32)30-8-7-9-31(11-10-30)27(33)21(6)35-25-18(3)14-23(29)15-19(25)4/h12-15,20-21H,7-11H2,1-6H3. The molecular weight excluding hydrogens is 576 g/mol. The van der Waals surface area contributed by atoms with Gasteiger partial charge in [0.2, 0.25) is 0 Å². The van der Waals surface area contributed by atoms with Crippen LogP contribution in [0.1, 0.15) is 42.5 Å². The average Bonchev–Trinajstić information content (AvgIpc) is 3.03. The number of hydrogen-bond donors (Lipinski definition) is 0. The maximum Gasteiger partial charge on any atom is 0.263 e. The molecule has 3 rings (SSSR count). The number of benzene rings is 2. The largest absolute Gasteiger partial charge is 0.480 e. The van der Waals surface area contributed by atoms with Gasteiger partial charge in [-0.3, -0.25) is 9.59 Å². The molecule has 0 N–H and O–H groups in total. The lowest BCUT2D eigenvalue weighted by Gasteiger charge is -2.27. The third-order valence-corrected chi connectivity index (χ3v) is 7.17. The van der Waals surface area contributed by atoms with Crippen LogP contribution in [0.25, 0.3) is 0 Å². The van der Waals surface area contributed by atoms with Crippen molar-refractivity contribution in [3.8, 4) is 11.5 Å². The minimum Gasteiger partial charge on any atom is -0.480 e. The Labute approximate surface area is 225 Å². The molecular formula is C27H34Br2N2O4. The van der Waals surface area contributed by atoms with Gasteiger partial charge < -0.3 is 19.3 Å². The highest BCUT2D eigenvalue weighted by molar-refractivity contribution is 9.10. The number of rotatable bonds is 6. The minimum absolute atomic E-state index is 0.0635. The fourth-order valence-electron chi connectivity index (χ4n) is 4.49. The van der Waals surface area contributed by atoms with Crippen LogP contribution in [-0.2, 0) is 9.59 Å². The molecule has 2 atom stereocenters. The summed E-state index contributed by atoms with van der Waals surface area (Å²) in [7, 11) is 0. The Morgan fingerprint density at radius 2 is 1.00 bits per heavy atom. The molecule has 0 aromatic heterocycles. The van der Waals surface area contributed by atoms with Crippen LogP contribution in [0, 0.1) is 27.7 Å². The van der Waals surface area contributed by atoms with E-state index in [4.69, 9.17) is 9.47 Å². The summed E-state index contributed by atoms with van der Waals surface area (Å²) in [5.41, 5.74) is 3.92. The van der Waals surface area contributed by atoms with Crippen molar-refractivity contribution in [3.63, 3.8) is 0 Å². The fraction of sp³-hybridized carbons (Fsp3) is 0.481. The summed E-state index contributed by atoms with van der Waals surface area (Å²) in [4.78, 5) is 29.9. The van der Waals surface area contributed by atoms with Gasteiger partial charge in [0.1, 0.15) is 11.5 Å². The summed E-state index contributed by atoms with van der Waals surface area (Å²) < 4.78 is 14.1. The first kappa shape index (κ1) is 27.5. The van der Waals surface area contributed by atoms with Gasteiger partial charge in [-0.15, -0.1) is 0 Å². The summed E-state index contributed by atoms with van der Waals surface area (Å²) in [6.45, 7) is 13.6. The molecule has 35 heavy (non-hydrogen) atoms. The molecule has 0 aliphatic carbocycles. The van der Waals surface area contributed by atoms with Gasteiger partial charge in [-0.05, 0) is 94.5 Å². The first-order valence-corrected chi connectivity index (χ1v) is 13.5. The van der Waals surface area contributed by atoms with E-state index in [1.807, 2.05) is 52.0 Å². The van der Waals surface area contributed by atoms with Gasteiger partial charge in [0.05, 0.1) is 0 Å². The molecule has 8 heteroatoms. The summed E-state index contributed by atoms with van der Waals surface area (Å²) in [6, 6.07) is 7.93. The molecule has 2 aromatic rings. The lowest BCUT2D eigenvalue weighted by atomic mass is 10.1. The molecule has 1 heterocycles. The molecule has 0 spiro atoms. The summed E-state index contributed by atoms with van der Waals surface area (Å²) in [5, 5.41) is 0. The highest BCUT2D eigenvalue weighted by Crippen LogP contribution is 2.29. The third-order valence-electron chi connectivity index (χ3n) is 6.25. The van der Waals surface area contributed by atoms with Crippen LogP contribution in [0.4, 0.5) is 0 Å². The van der Waals surface area contributed by atoms with Gasteiger partial charge in [-0.25, -0.2) is 0 Å². The Balaban J connectivity index is 1.60. The van der Waals surface area contributed by atoms with Crippen LogP contribution >= 0.6 is 31.9 Å². The van der Waals surface area contributed by atoms with E-state index < -0.39 is 12.2 Å². The van der Waals surface area contributed by atoms with E-state index in [0.29, 0.717) is 32.6 Å². The lowest BCUT2D eigenvalue weighted by Crippen LogP contribution is -2.45. The number of hydrogen-bond acceptors (Lipinski definition) is 4. The molecule has 1 saturated heterocycles. The predicted octanol–water partition coefficient (Wildman–Crippen LogP) is 5.74. The smallest absolute Gasteiger partial charge is 0.263 e. The molecule has 2 aromatic carbocycles. The first-order valence-electron chi connectivity index (χ1n) is 11.9. The second-order valence-corrected chi connectivity index (χ2v) is 11.1. The van der Waals surface area contributed by atoms with Crippen molar-refractivity contribution in [3.05, 3.63) is 55.5 Å². The Morgan fingerprint density at radius 3 is 1.31 bits per heavy atom. The van der Waals surface area contributed by atoms with E-state index in [1.54, 1.807) is 23.6 Å². The van der Waals surface area contributed by atoms with Gasteiger partial charge in [0.25, 0.3) is 11.8 Å². The topological polar surface area (TPSA) is 59.1 Å². The van der Waals surface area contributed by atoms with Gasteiger partial charge in [0, 0.05) is 35.1 Å². The Morgan fingerprint density at radius 1 is 0.686 bits per heavy atom. The van der Waals surface area contributed by atoms with E-state index in [1.165, 1.54) is 0 Å². The maximum absolute atomic E-state index is 13.2. The summed E-state index contributed by atoms with van der Waals surface area (Å²) in [5.74, 6) is 1.35. The van der Waals surface area contributed by atoms with Crippen molar-refractivity contribution in [2.45, 2.75) is 60.2 Å². The van der Waals surface area contributed by atoms with Gasteiger partial charge in [-0.2, -0.15) is 0 Å².